The average Bonchev–Trinajstić information content (AvgIpc) is 2.47. The van der Waals surface area contributed by atoms with Crippen LogP contribution in [0.4, 0.5) is 0 Å². The van der Waals surface area contributed by atoms with Gasteiger partial charge in [-0.1, -0.05) is 6.92 Å². The molecule has 0 amide bonds. The number of esters is 1. The van der Waals surface area contributed by atoms with Crippen molar-refractivity contribution in [2.24, 2.45) is 0 Å². The van der Waals surface area contributed by atoms with Gasteiger partial charge in [0.25, 0.3) is 0 Å². The fourth-order valence-corrected chi connectivity index (χ4v) is 1.48. The van der Waals surface area contributed by atoms with E-state index in [1.54, 1.807) is 6.92 Å². The van der Waals surface area contributed by atoms with Crippen LogP contribution in [0.1, 0.15) is 33.1 Å². The molecule has 0 saturated carbocycles. The van der Waals surface area contributed by atoms with E-state index in [2.05, 4.69) is 0 Å². The summed E-state index contributed by atoms with van der Waals surface area (Å²) in [4.78, 5) is 11.3. The predicted octanol–water partition coefficient (Wildman–Crippen LogP) is 1.08. The first kappa shape index (κ1) is 8.05. The van der Waals surface area contributed by atoms with E-state index in [9.17, 15) is 4.79 Å². The Kier molecular flexibility index (Phi) is 2.99. The van der Waals surface area contributed by atoms with Crippen molar-refractivity contribution in [1.82, 2.24) is 5.31 Å². The molecule has 0 radical (unpaired) electrons. The number of carbonyl (C=O) groups is 1. The largest absolute Gasteiger partial charge is 0.465 e. The third-order valence-electron chi connectivity index (χ3n) is 2.19. The van der Waals surface area contributed by atoms with Crippen molar-refractivity contribution in [1.29, 1.82) is 0 Å². The number of rotatable bonds is 3. The van der Waals surface area contributed by atoms with Crippen molar-refractivity contribution in [3.05, 3.63) is 0 Å². The molecule has 0 spiro atoms. The molecule has 3 nitrogen and oxygen atoms in total. The molecule has 1 aliphatic heterocycles. The molecule has 2 unspecified atom stereocenters. The van der Waals surface area contributed by atoms with Gasteiger partial charge < -0.3 is 10.0 Å². The smallest absolute Gasteiger partial charge is 0.323 e. The van der Waals surface area contributed by atoms with E-state index in [0.29, 0.717) is 6.61 Å². The normalized spacial score (nSPS) is 31.7. The van der Waals surface area contributed by atoms with Crippen LogP contribution in [-0.4, -0.2) is 24.7 Å². The molecule has 1 heterocycles. The second kappa shape index (κ2) is 4.45. The number of hydrogen-bond acceptors (Lipinski definition) is 3. The lowest BCUT2D eigenvalue weighted by molar-refractivity contribution is -0.145. The average molecular weight is 172 g/mol. The second-order valence-electron chi connectivity index (χ2n) is 3.06. The third-order valence-corrected chi connectivity index (χ3v) is 2.19. The zero-order valence-electron chi connectivity index (χ0n) is 8.75. The zero-order valence-corrected chi connectivity index (χ0v) is 7.75. The Bertz CT molecular complexity index is 186. The van der Waals surface area contributed by atoms with Gasteiger partial charge in [0.2, 0.25) is 0 Å². The van der Waals surface area contributed by atoms with E-state index >= 15 is 0 Å². The van der Waals surface area contributed by atoms with E-state index in [0.717, 1.165) is 19.3 Å². The summed E-state index contributed by atoms with van der Waals surface area (Å²) in [6.07, 6.45) is 2.63. The standard InChI is InChI=1S/C9H17NO2/c1-3-7-5-6-8(10-7)9(11)12-4-2/h7-8,10H,3-6H2,1-2H3/i/hD. The molecule has 1 rings (SSSR count). The first-order valence-corrected chi connectivity index (χ1v) is 4.64. The van der Waals surface area contributed by atoms with E-state index in [-0.39, 0.29) is 18.1 Å². The highest BCUT2D eigenvalue weighted by atomic mass is 16.5. The van der Waals surface area contributed by atoms with Crippen LogP contribution in [-0.2, 0) is 9.53 Å². The Hall–Kier alpha value is -0.570. The highest BCUT2D eigenvalue weighted by Gasteiger charge is 2.28. The van der Waals surface area contributed by atoms with Gasteiger partial charge in [0.05, 0.1) is 6.61 Å². The Balaban J connectivity index is 2.48. The summed E-state index contributed by atoms with van der Waals surface area (Å²) in [6, 6.07) is -0.0979. The van der Waals surface area contributed by atoms with Gasteiger partial charge in [0.15, 0.2) is 0 Å². The van der Waals surface area contributed by atoms with E-state index < -0.39 is 0 Å². The highest BCUT2D eigenvalue weighted by Crippen LogP contribution is 2.15. The van der Waals surface area contributed by atoms with Gasteiger partial charge in [-0.25, -0.2) is 0 Å². The lowest BCUT2D eigenvalue weighted by Gasteiger charge is -2.11. The van der Waals surface area contributed by atoms with Gasteiger partial charge in [0.1, 0.15) is 7.45 Å². The SMILES string of the molecule is [2H]N1C(CC)CCC1C(=O)OCC. The summed E-state index contributed by atoms with van der Waals surface area (Å²) in [5.41, 5.74) is 0. The molecule has 0 aromatic rings. The van der Waals surface area contributed by atoms with Crippen molar-refractivity contribution >= 4 is 5.97 Å². The Labute approximate surface area is 74.9 Å². The molecule has 12 heavy (non-hydrogen) atoms. The first-order chi connectivity index (χ1) is 6.20. The maximum absolute atomic E-state index is 11.3. The topological polar surface area (TPSA) is 38.3 Å². The number of nitrogens with one attached hydrogen (secondary N) is 1. The molecule has 0 aliphatic carbocycles. The van der Waals surface area contributed by atoms with Gasteiger partial charge in [-0.3, -0.25) is 4.79 Å². The van der Waals surface area contributed by atoms with E-state index in [1.807, 2.05) is 6.92 Å². The first-order valence-electron chi connectivity index (χ1n) is 5.09. The van der Waals surface area contributed by atoms with E-state index in [1.165, 1.54) is 5.31 Å². The van der Waals surface area contributed by atoms with Crippen LogP contribution in [0.2, 0.25) is 1.41 Å². The summed E-state index contributed by atoms with van der Waals surface area (Å²) < 4.78 is 12.6. The van der Waals surface area contributed by atoms with Gasteiger partial charge in [-0.15, -0.1) is 0 Å². The van der Waals surface area contributed by atoms with Crippen LogP contribution in [0.3, 0.4) is 0 Å². The van der Waals surface area contributed by atoms with Crippen LogP contribution >= 0.6 is 0 Å². The van der Waals surface area contributed by atoms with Crippen LogP contribution in [0.25, 0.3) is 0 Å². The Morgan fingerprint density at radius 3 is 2.92 bits per heavy atom. The molecule has 1 N–H and O–H groups in total. The third kappa shape index (κ3) is 2.21. The van der Waals surface area contributed by atoms with Crippen molar-refractivity contribution in [2.45, 2.75) is 45.2 Å². The fourth-order valence-electron chi connectivity index (χ4n) is 1.48. The number of carbonyl (C=O) groups excluding carboxylic acids is 1. The molecule has 0 aromatic heterocycles. The molecule has 3 heteroatoms. The molecule has 1 saturated heterocycles. The molecule has 2 atom stereocenters. The quantitative estimate of drug-likeness (QED) is 0.647. The maximum atomic E-state index is 11.3. The lowest BCUT2D eigenvalue weighted by Crippen LogP contribution is -2.36. The van der Waals surface area contributed by atoms with Crippen LogP contribution in [0.15, 0.2) is 0 Å². The molecule has 0 aromatic carbocycles. The summed E-state index contributed by atoms with van der Waals surface area (Å²) in [5, 5.41) is 1.40. The van der Waals surface area contributed by atoms with Crippen LogP contribution in [0, 0.1) is 0 Å². The minimum absolute atomic E-state index is 0.231. The van der Waals surface area contributed by atoms with Crippen LogP contribution < -0.4 is 5.31 Å². The summed E-state index contributed by atoms with van der Waals surface area (Å²) in [7, 11) is 0. The van der Waals surface area contributed by atoms with Crippen LogP contribution in [0.5, 0.6) is 0 Å². The maximum Gasteiger partial charge on any atom is 0.323 e. The minimum Gasteiger partial charge on any atom is -0.465 e. The van der Waals surface area contributed by atoms with Gasteiger partial charge in [0, 0.05) is 6.04 Å². The molecular formula is C9H17NO2. The number of ether oxygens (including phenoxy) is 1. The lowest BCUT2D eigenvalue weighted by atomic mass is 10.1. The van der Waals surface area contributed by atoms with Crippen molar-refractivity contribution in [3.63, 3.8) is 0 Å². The molecule has 1 aliphatic rings. The summed E-state index contributed by atoms with van der Waals surface area (Å²) >= 11 is 0. The summed E-state index contributed by atoms with van der Waals surface area (Å²) in [5.74, 6) is -0.242. The molecule has 70 valence electrons. The fraction of sp³-hybridized carbons (Fsp3) is 0.889. The van der Waals surface area contributed by atoms with Gasteiger partial charge in [-0.05, 0) is 26.2 Å². The van der Waals surface area contributed by atoms with Crippen molar-refractivity contribution in [2.75, 3.05) is 6.61 Å². The summed E-state index contributed by atoms with van der Waals surface area (Å²) in [6.45, 7) is 4.23. The molecule has 0 bridgehead atoms. The molecule has 1 fully saturated rings. The van der Waals surface area contributed by atoms with Gasteiger partial charge in [-0.2, -0.15) is 0 Å². The molecular weight excluding hydrogens is 154 g/mol. The monoisotopic (exact) mass is 172 g/mol. The van der Waals surface area contributed by atoms with Gasteiger partial charge >= 0.3 is 5.97 Å². The zero-order chi connectivity index (χ0) is 9.84. The van der Waals surface area contributed by atoms with Crippen molar-refractivity contribution in [3.8, 4) is 0 Å². The number of hydrogen-bond donors (Lipinski definition) is 1. The van der Waals surface area contributed by atoms with Crippen molar-refractivity contribution < 1.29 is 10.9 Å². The predicted molar refractivity (Wildman–Crippen MR) is 46.9 cm³/mol. The minimum atomic E-state index is -0.329. The Morgan fingerprint density at radius 2 is 2.42 bits per heavy atom. The highest BCUT2D eigenvalue weighted by molar-refractivity contribution is 5.76. The second-order valence-corrected chi connectivity index (χ2v) is 3.06. The van der Waals surface area contributed by atoms with E-state index in [4.69, 9.17) is 6.15 Å². The Morgan fingerprint density at radius 1 is 1.67 bits per heavy atom.